The molecule has 0 aliphatic carbocycles. The standard InChI is InChI=1S/C8H16N2O3.C2H6/c1-7(12)6-10(4-5-11)8(13)9(2)3;1-2/h5,7,12H,4,6H2,1-3H3;1-2H3. The first kappa shape index (κ1) is 16.3. The summed E-state index contributed by atoms with van der Waals surface area (Å²) in [5.41, 5.74) is 0. The summed E-state index contributed by atoms with van der Waals surface area (Å²) in [6, 6.07) is -0.270. The summed E-state index contributed by atoms with van der Waals surface area (Å²) in [5, 5.41) is 9.05. The van der Waals surface area contributed by atoms with Crippen molar-refractivity contribution in [2.45, 2.75) is 26.9 Å². The van der Waals surface area contributed by atoms with Crippen LogP contribution in [0.4, 0.5) is 4.79 Å². The third-order valence-electron chi connectivity index (χ3n) is 1.43. The van der Waals surface area contributed by atoms with E-state index in [0.717, 1.165) is 0 Å². The highest BCUT2D eigenvalue weighted by Gasteiger charge is 2.16. The van der Waals surface area contributed by atoms with Gasteiger partial charge in [-0.1, -0.05) is 13.8 Å². The number of aldehydes is 1. The van der Waals surface area contributed by atoms with Gasteiger partial charge in [0, 0.05) is 20.6 Å². The van der Waals surface area contributed by atoms with Gasteiger partial charge in [0.2, 0.25) is 0 Å². The summed E-state index contributed by atoms with van der Waals surface area (Å²) in [6.07, 6.45) is 0.0212. The summed E-state index contributed by atoms with van der Waals surface area (Å²) in [5.74, 6) is 0. The average Bonchev–Trinajstić information content (AvgIpc) is 2.18. The third-order valence-corrected chi connectivity index (χ3v) is 1.43. The number of rotatable bonds is 4. The normalized spacial score (nSPS) is 10.8. The SMILES string of the molecule is CC.CC(O)CN(CC=O)C(=O)N(C)C. The Morgan fingerprint density at radius 1 is 1.40 bits per heavy atom. The topological polar surface area (TPSA) is 60.9 Å². The van der Waals surface area contributed by atoms with Gasteiger partial charge >= 0.3 is 6.03 Å². The predicted molar refractivity (Wildman–Crippen MR) is 59.7 cm³/mol. The van der Waals surface area contributed by atoms with Crippen molar-refractivity contribution in [2.24, 2.45) is 0 Å². The van der Waals surface area contributed by atoms with Crippen molar-refractivity contribution in [3.05, 3.63) is 0 Å². The average molecular weight is 218 g/mol. The molecule has 0 spiro atoms. The minimum Gasteiger partial charge on any atom is -0.392 e. The van der Waals surface area contributed by atoms with Crippen molar-refractivity contribution in [1.82, 2.24) is 9.80 Å². The van der Waals surface area contributed by atoms with E-state index >= 15 is 0 Å². The summed E-state index contributed by atoms with van der Waals surface area (Å²) >= 11 is 0. The molecular formula is C10H22N2O3. The molecule has 5 heteroatoms. The molecule has 1 unspecified atom stereocenters. The van der Waals surface area contributed by atoms with Gasteiger partial charge in [-0.15, -0.1) is 0 Å². The molecule has 0 fully saturated rings. The van der Waals surface area contributed by atoms with Crippen LogP contribution >= 0.6 is 0 Å². The zero-order chi connectivity index (χ0) is 12.4. The number of aliphatic hydroxyl groups is 1. The molecule has 0 heterocycles. The molecule has 0 aliphatic rings. The molecule has 90 valence electrons. The Balaban J connectivity index is 0. The van der Waals surface area contributed by atoms with Crippen molar-refractivity contribution in [3.8, 4) is 0 Å². The van der Waals surface area contributed by atoms with Gasteiger partial charge < -0.3 is 19.7 Å². The molecule has 0 aliphatic heterocycles. The molecule has 0 bridgehead atoms. The second-order valence-corrected chi connectivity index (χ2v) is 3.10. The predicted octanol–water partition coefficient (Wildman–Crippen LogP) is 0.576. The minimum atomic E-state index is -0.621. The van der Waals surface area contributed by atoms with E-state index in [2.05, 4.69) is 0 Å². The molecule has 5 nitrogen and oxygen atoms in total. The Kier molecular flexibility index (Phi) is 10.3. The van der Waals surface area contributed by atoms with Gasteiger partial charge in [0.05, 0.1) is 12.6 Å². The van der Waals surface area contributed by atoms with Crippen LogP contribution in [-0.4, -0.2) is 60.5 Å². The molecule has 15 heavy (non-hydrogen) atoms. The van der Waals surface area contributed by atoms with E-state index in [1.54, 1.807) is 21.0 Å². The molecule has 2 amide bonds. The fourth-order valence-corrected chi connectivity index (χ4v) is 0.922. The van der Waals surface area contributed by atoms with E-state index in [1.165, 1.54) is 9.80 Å². The van der Waals surface area contributed by atoms with Crippen molar-refractivity contribution in [1.29, 1.82) is 0 Å². The zero-order valence-corrected chi connectivity index (χ0v) is 10.2. The number of nitrogens with zero attached hydrogens (tertiary/aromatic N) is 2. The second kappa shape index (κ2) is 9.45. The van der Waals surface area contributed by atoms with E-state index < -0.39 is 6.10 Å². The fraction of sp³-hybridized carbons (Fsp3) is 0.800. The van der Waals surface area contributed by atoms with Crippen LogP contribution in [0.15, 0.2) is 0 Å². The summed E-state index contributed by atoms with van der Waals surface area (Å²) < 4.78 is 0. The van der Waals surface area contributed by atoms with Crippen molar-refractivity contribution >= 4 is 12.3 Å². The maximum Gasteiger partial charge on any atom is 0.319 e. The van der Waals surface area contributed by atoms with E-state index in [0.29, 0.717) is 6.29 Å². The monoisotopic (exact) mass is 218 g/mol. The molecule has 0 saturated heterocycles. The zero-order valence-electron chi connectivity index (χ0n) is 10.2. The van der Waals surface area contributed by atoms with E-state index in [9.17, 15) is 9.59 Å². The molecule has 0 rings (SSSR count). The number of amides is 2. The summed E-state index contributed by atoms with van der Waals surface area (Å²) in [4.78, 5) is 24.2. The largest absolute Gasteiger partial charge is 0.392 e. The van der Waals surface area contributed by atoms with Gasteiger partial charge in [0.25, 0.3) is 0 Å². The first-order valence-electron chi connectivity index (χ1n) is 5.07. The van der Waals surface area contributed by atoms with E-state index in [4.69, 9.17) is 5.11 Å². The van der Waals surface area contributed by atoms with Crippen LogP contribution < -0.4 is 0 Å². The first-order valence-corrected chi connectivity index (χ1v) is 5.07. The molecule has 1 atom stereocenters. The van der Waals surface area contributed by atoms with Crippen LogP contribution in [0.3, 0.4) is 0 Å². The lowest BCUT2D eigenvalue weighted by molar-refractivity contribution is -0.108. The molecule has 0 saturated carbocycles. The summed E-state index contributed by atoms with van der Waals surface area (Å²) in [7, 11) is 3.20. The van der Waals surface area contributed by atoms with Crippen molar-refractivity contribution < 1.29 is 14.7 Å². The maximum atomic E-state index is 11.4. The molecular weight excluding hydrogens is 196 g/mol. The smallest absolute Gasteiger partial charge is 0.319 e. The van der Waals surface area contributed by atoms with E-state index in [1.807, 2.05) is 13.8 Å². The Hall–Kier alpha value is -1.10. The number of hydrogen-bond acceptors (Lipinski definition) is 3. The number of carbonyl (C=O) groups excluding carboxylic acids is 2. The summed E-state index contributed by atoms with van der Waals surface area (Å²) in [6.45, 7) is 5.76. The van der Waals surface area contributed by atoms with Crippen molar-refractivity contribution in [3.63, 3.8) is 0 Å². The Labute approximate surface area is 91.7 Å². The number of hydrogen-bond donors (Lipinski definition) is 1. The van der Waals surface area contributed by atoms with Gasteiger partial charge in [0.1, 0.15) is 6.29 Å². The Bertz CT molecular complexity index is 182. The fourth-order valence-electron chi connectivity index (χ4n) is 0.922. The van der Waals surface area contributed by atoms with Crippen LogP contribution in [0.5, 0.6) is 0 Å². The number of urea groups is 1. The van der Waals surface area contributed by atoms with Crippen LogP contribution in [0.25, 0.3) is 0 Å². The van der Waals surface area contributed by atoms with E-state index in [-0.39, 0.29) is 19.1 Å². The second-order valence-electron chi connectivity index (χ2n) is 3.10. The number of carbonyl (C=O) groups is 2. The van der Waals surface area contributed by atoms with Crippen LogP contribution in [0.2, 0.25) is 0 Å². The van der Waals surface area contributed by atoms with Gasteiger partial charge in [-0.05, 0) is 6.92 Å². The minimum absolute atomic E-state index is 0.0158. The van der Waals surface area contributed by atoms with Crippen molar-refractivity contribution in [2.75, 3.05) is 27.2 Å². The highest BCUT2D eigenvalue weighted by molar-refractivity contribution is 5.76. The van der Waals surface area contributed by atoms with Crippen LogP contribution in [-0.2, 0) is 4.79 Å². The first-order chi connectivity index (χ1) is 6.99. The molecule has 0 aromatic rings. The molecule has 1 N–H and O–H groups in total. The Morgan fingerprint density at radius 2 is 1.87 bits per heavy atom. The highest BCUT2D eigenvalue weighted by Crippen LogP contribution is 1.95. The Morgan fingerprint density at radius 3 is 2.13 bits per heavy atom. The lowest BCUT2D eigenvalue weighted by atomic mass is 10.3. The molecule has 0 radical (unpaired) electrons. The van der Waals surface area contributed by atoms with Gasteiger partial charge in [-0.25, -0.2) is 4.79 Å². The van der Waals surface area contributed by atoms with Crippen LogP contribution in [0, 0.1) is 0 Å². The van der Waals surface area contributed by atoms with Gasteiger partial charge in [-0.2, -0.15) is 0 Å². The molecule has 0 aromatic heterocycles. The maximum absolute atomic E-state index is 11.4. The molecule has 0 aromatic carbocycles. The van der Waals surface area contributed by atoms with Crippen LogP contribution in [0.1, 0.15) is 20.8 Å². The van der Waals surface area contributed by atoms with Gasteiger partial charge in [-0.3, -0.25) is 0 Å². The lowest BCUT2D eigenvalue weighted by Crippen LogP contribution is -2.43. The number of aliphatic hydroxyl groups excluding tert-OH is 1. The quantitative estimate of drug-likeness (QED) is 0.702. The third kappa shape index (κ3) is 7.93. The lowest BCUT2D eigenvalue weighted by Gasteiger charge is -2.25. The van der Waals surface area contributed by atoms with Gasteiger partial charge in [0.15, 0.2) is 0 Å². The highest BCUT2D eigenvalue weighted by atomic mass is 16.3.